The number of amides is 1. The molecule has 3 aliphatic rings. The van der Waals surface area contributed by atoms with E-state index in [1.807, 2.05) is 0 Å². The minimum absolute atomic E-state index is 0.287. The van der Waals surface area contributed by atoms with Gasteiger partial charge in [0.1, 0.15) is 0 Å². The first-order chi connectivity index (χ1) is 10.3. The SMILES string of the molecule is O=C(CCC1CCCN(C2CSCCSC2)C1)NC1CC1. The number of carbonyl (C=O) groups is 1. The summed E-state index contributed by atoms with van der Waals surface area (Å²) < 4.78 is 0. The molecule has 0 aromatic rings. The largest absolute Gasteiger partial charge is 0.353 e. The van der Waals surface area contributed by atoms with Gasteiger partial charge in [0.15, 0.2) is 0 Å². The van der Waals surface area contributed by atoms with E-state index in [0.717, 1.165) is 24.8 Å². The standard InChI is InChI=1S/C16H28N2OS2/c19-16(17-14-4-5-14)6-3-13-2-1-7-18(10-13)15-11-20-8-9-21-12-15/h13-15H,1-12H2,(H,17,19). The predicted octanol–water partition coefficient (Wildman–Crippen LogP) is 2.61. The number of nitrogens with zero attached hydrogens (tertiary/aromatic N) is 1. The Kier molecular flexibility index (Phi) is 6.18. The average Bonchev–Trinajstić information content (AvgIpc) is 3.32. The van der Waals surface area contributed by atoms with Gasteiger partial charge < -0.3 is 5.32 Å². The van der Waals surface area contributed by atoms with Crippen LogP contribution in [0.1, 0.15) is 38.5 Å². The maximum absolute atomic E-state index is 11.8. The summed E-state index contributed by atoms with van der Waals surface area (Å²) in [6, 6.07) is 1.28. The fraction of sp³-hybridized carbons (Fsp3) is 0.938. The predicted molar refractivity (Wildman–Crippen MR) is 93.1 cm³/mol. The third-order valence-electron chi connectivity index (χ3n) is 4.78. The minimum atomic E-state index is 0.287. The van der Waals surface area contributed by atoms with Crippen molar-refractivity contribution < 1.29 is 4.79 Å². The van der Waals surface area contributed by atoms with E-state index < -0.39 is 0 Å². The highest BCUT2D eigenvalue weighted by atomic mass is 32.2. The monoisotopic (exact) mass is 328 g/mol. The van der Waals surface area contributed by atoms with Crippen LogP contribution in [0.4, 0.5) is 0 Å². The van der Waals surface area contributed by atoms with E-state index in [1.54, 1.807) is 0 Å². The molecule has 0 aromatic heterocycles. The highest BCUT2D eigenvalue weighted by Crippen LogP contribution is 2.27. The smallest absolute Gasteiger partial charge is 0.220 e. The van der Waals surface area contributed by atoms with Crippen molar-refractivity contribution in [2.24, 2.45) is 5.92 Å². The topological polar surface area (TPSA) is 32.3 Å². The molecule has 1 N–H and O–H groups in total. The van der Waals surface area contributed by atoms with Crippen LogP contribution in [-0.2, 0) is 4.79 Å². The molecule has 0 bridgehead atoms. The lowest BCUT2D eigenvalue weighted by atomic mass is 9.92. The van der Waals surface area contributed by atoms with Crippen LogP contribution in [0, 0.1) is 5.92 Å². The Morgan fingerprint density at radius 2 is 1.90 bits per heavy atom. The first-order valence-corrected chi connectivity index (χ1v) is 10.8. The van der Waals surface area contributed by atoms with Crippen LogP contribution < -0.4 is 5.32 Å². The second kappa shape index (κ2) is 8.11. The summed E-state index contributed by atoms with van der Waals surface area (Å²) in [4.78, 5) is 14.6. The van der Waals surface area contributed by atoms with Gasteiger partial charge in [-0.3, -0.25) is 9.69 Å². The molecular formula is C16H28N2OS2. The van der Waals surface area contributed by atoms with Crippen LogP contribution in [0.3, 0.4) is 0 Å². The van der Waals surface area contributed by atoms with Crippen molar-refractivity contribution in [3.63, 3.8) is 0 Å². The van der Waals surface area contributed by atoms with Crippen LogP contribution in [-0.4, -0.2) is 59.0 Å². The number of nitrogens with one attached hydrogen (secondary N) is 1. The van der Waals surface area contributed by atoms with E-state index in [4.69, 9.17) is 0 Å². The molecule has 0 spiro atoms. The van der Waals surface area contributed by atoms with Crippen molar-refractivity contribution in [1.82, 2.24) is 10.2 Å². The van der Waals surface area contributed by atoms with Gasteiger partial charge in [0, 0.05) is 48.1 Å². The lowest BCUT2D eigenvalue weighted by molar-refractivity contribution is -0.121. The number of thioether (sulfide) groups is 2. The van der Waals surface area contributed by atoms with Crippen molar-refractivity contribution >= 4 is 29.4 Å². The normalized spacial score (nSPS) is 29.0. The fourth-order valence-corrected chi connectivity index (χ4v) is 5.97. The maximum atomic E-state index is 11.8. The second-order valence-corrected chi connectivity index (χ2v) is 8.99. The molecule has 21 heavy (non-hydrogen) atoms. The third-order valence-corrected chi connectivity index (χ3v) is 7.27. The van der Waals surface area contributed by atoms with Crippen molar-refractivity contribution in [3.05, 3.63) is 0 Å². The van der Waals surface area contributed by atoms with E-state index in [2.05, 4.69) is 33.7 Å². The van der Waals surface area contributed by atoms with Gasteiger partial charge in [0.2, 0.25) is 5.91 Å². The van der Waals surface area contributed by atoms with Crippen molar-refractivity contribution in [1.29, 1.82) is 0 Å². The molecule has 1 saturated carbocycles. The number of rotatable bonds is 5. The first kappa shape index (κ1) is 16.0. The van der Waals surface area contributed by atoms with Gasteiger partial charge in [-0.15, -0.1) is 0 Å². The van der Waals surface area contributed by atoms with Gasteiger partial charge in [0.25, 0.3) is 0 Å². The van der Waals surface area contributed by atoms with E-state index >= 15 is 0 Å². The zero-order valence-corrected chi connectivity index (χ0v) is 14.5. The Bertz CT molecular complexity index is 341. The van der Waals surface area contributed by atoms with Crippen molar-refractivity contribution in [2.75, 3.05) is 36.1 Å². The number of hydrogen-bond acceptors (Lipinski definition) is 4. The summed E-state index contributed by atoms with van der Waals surface area (Å²) >= 11 is 4.25. The molecule has 1 atom stereocenters. The molecule has 120 valence electrons. The van der Waals surface area contributed by atoms with E-state index in [9.17, 15) is 4.79 Å². The molecule has 3 rings (SSSR count). The Hall–Kier alpha value is 0.130. The summed E-state index contributed by atoms with van der Waals surface area (Å²) in [5, 5.41) is 3.12. The molecule has 3 fully saturated rings. The Balaban J connectivity index is 1.40. The van der Waals surface area contributed by atoms with Gasteiger partial charge in [-0.2, -0.15) is 23.5 Å². The quantitative estimate of drug-likeness (QED) is 0.841. The lowest BCUT2D eigenvalue weighted by Gasteiger charge is -2.37. The Morgan fingerprint density at radius 1 is 1.14 bits per heavy atom. The first-order valence-electron chi connectivity index (χ1n) is 8.50. The molecule has 1 amide bonds. The van der Waals surface area contributed by atoms with E-state index in [1.165, 1.54) is 61.8 Å². The number of carbonyl (C=O) groups excluding carboxylic acids is 1. The number of hydrogen-bond donors (Lipinski definition) is 1. The van der Waals surface area contributed by atoms with Gasteiger partial charge in [-0.25, -0.2) is 0 Å². The summed E-state index contributed by atoms with van der Waals surface area (Å²) in [7, 11) is 0. The summed E-state index contributed by atoms with van der Waals surface area (Å²) in [6.07, 6.45) is 6.85. The van der Waals surface area contributed by atoms with Crippen LogP contribution in [0.5, 0.6) is 0 Å². The molecule has 2 saturated heterocycles. The second-order valence-electron chi connectivity index (χ2n) is 6.69. The zero-order valence-electron chi connectivity index (χ0n) is 12.9. The third kappa shape index (κ3) is 5.36. The molecule has 0 aromatic carbocycles. The fourth-order valence-electron chi connectivity index (χ4n) is 3.34. The van der Waals surface area contributed by atoms with Crippen LogP contribution in [0.2, 0.25) is 0 Å². The van der Waals surface area contributed by atoms with E-state index in [-0.39, 0.29) is 5.91 Å². The highest BCUT2D eigenvalue weighted by molar-refractivity contribution is 8.03. The van der Waals surface area contributed by atoms with Crippen LogP contribution in [0.25, 0.3) is 0 Å². The average molecular weight is 329 g/mol. The number of piperidine rings is 1. The Labute approximate surface area is 137 Å². The van der Waals surface area contributed by atoms with Crippen molar-refractivity contribution in [3.8, 4) is 0 Å². The molecule has 3 nitrogen and oxygen atoms in total. The van der Waals surface area contributed by atoms with E-state index in [0.29, 0.717) is 6.04 Å². The molecule has 1 aliphatic carbocycles. The minimum Gasteiger partial charge on any atom is -0.353 e. The molecular weight excluding hydrogens is 300 g/mol. The van der Waals surface area contributed by atoms with Crippen LogP contribution >= 0.6 is 23.5 Å². The summed E-state index contributed by atoms with van der Waals surface area (Å²) in [6.45, 7) is 2.50. The summed E-state index contributed by atoms with van der Waals surface area (Å²) in [5.41, 5.74) is 0. The van der Waals surface area contributed by atoms with Gasteiger partial charge in [0.05, 0.1) is 0 Å². The Morgan fingerprint density at radius 3 is 2.62 bits per heavy atom. The molecule has 0 radical (unpaired) electrons. The molecule has 5 heteroatoms. The highest BCUT2D eigenvalue weighted by Gasteiger charge is 2.28. The van der Waals surface area contributed by atoms with Gasteiger partial charge >= 0.3 is 0 Å². The van der Waals surface area contributed by atoms with Crippen molar-refractivity contribution in [2.45, 2.75) is 50.6 Å². The lowest BCUT2D eigenvalue weighted by Crippen LogP contribution is -2.45. The van der Waals surface area contributed by atoms with Gasteiger partial charge in [-0.05, 0) is 44.6 Å². The maximum Gasteiger partial charge on any atom is 0.220 e. The molecule has 1 unspecified atom stereocenters. The number of likely N-dealkylation sites (tertiary alicyclic amines) is 1. The summed E-state index contributed by atoms with van der Waals surface area (Å²) in [5.74, 6) is 6.28. The van der Waals surface area contributed by atoms with Gasteiger partial charge in [-0.1, -0.05) is 0 Å². The molecule has 2 heterocycles. The van der Waals surface area contributed by atoms with Crippen LogP contribution in [0.15, 0.2) is 0 Å². The zero-order chi connectivity index (χ0) is 14.5. The molecule has 2 aliphatic heterocycles.